The van der Waals surface area contributed by atoms with E-state index in [0.29, 0.717) is 17.3 Å². The number of fused-ring (bicyclic) bond motifs is 1. The van der Waals surface area contributed by atoms with Crippen LogP contribution in [0.4, 0.5) is 5.69 Å². The Balaban J connectivity index is 1.70. The molecule has 0 unspecified atom stereocenters. The van der Waals surface area contributed by atoms with Crippen LogP contribution < -0.4 is 10.1 Å². The number of methoxy groups -OCH3 is 1. The van der Waals surface area contributed by atoms with Gasteiger partial charge in [-0.15, -0.1) is 0 Å². The van der Waals surface area contributed by atoms with Gasteiger partial charge in [0, 0.05) is 17.1 Å². The van der Waals surface area contributed by atoms with E-state index in [4.69, 9.17) is 4.74 Å². The molecule has 0 radical (unpaired) electrons. The lowest BCUT2D eigenvalue weighted by Crippen LogP contribution is -2.14. The zero-order chi connectivity index (χ0) is 16.9. The molecule has 0 saturated carbocycles. The second-order valence-electron chi connectivity index (χ2n) is 5.16. The third kappa shape index (κ3) is 3.83. The highest BCUT2D eigenvalue weighted by atomic mass is 32.2. The van der Waals surface area contributed by atoms with Crippen LogP contribution in [0.3, 0.4) is 0 Å². The molecule has 1 aromatic heterocycles. The average molecular weight is 339 g/mol. The van der Waals surface area contributed by atoms with Crippen molar-refractivity contribution >= 4 is 34.3 Å². The van der Waals surface area contributed by atoms with Gasteiger partial charge in [-0.1, -0.05) is 36.0 Å². The van der Waals surface area contributed by atoms with E-state index in [-0.39, 0.29) is 11.7 Å². The van der Waals surface area contributed by atoms with Gasteiger partial charge in [-0.3, -0.25) is 4.79 Å². The lowest BCUT2D eigenvalue weighted by atomic mass is 10.2. The van der Waals surface area contributed by atoms with E-state index in [0.717, 1.165) is 15.9 Å². The van der Waals surface area contributed by atoms with Crippen molar-refractivity contribution in [2.24, 2.45) is 0 Å². The van der Waals surface area contributed by atoms with Crippen LogP contribution in [0.15, 0.2) is 53.6 Å². The molecule has 3 rings (SSSR count). The number of carbonyl (C=O) groups is 1. The normalized spacial score (nSPS) is 10.6. The van der Waals surface area contributed by atoms with Gasteiger partial charge < -0.3 is 10.1 Å². The van der Waals surface area contributed by atoms with Crippen LogP contribution in [0.5, 0.6) is 5.75 Å². The third-order valence-corrected chi connectivity index (χ3v) is 4.36. The van der Waals surface area contributed by atoms with Crippen LogP contribution in [-0.2, 0) is 4.79 Å². The predicted octanol–water partition coefficient (Wildman–Crippen LogP) is 3.68. The van der Waals surface area contributed by atoms with Crippen molar-refractivity contribution in [3.05, 3.63) is 54.4 Å². The van der Waals surface area contributed by atoms with Crippen molar-refractivity contribution in [2.45, 2.75) is 11.9 Å². The Morgan fingerprint density at radius 3 is 2.83 bits per heavy atom. The van der Waals surface area contributed by atoms with E-state index in [1.807, 2.05) is 49.4 Å². The zero-order valence-electron chi connectivity index (χ0n) is 13.4. The fourth-order valence-corrected chi connectivity index (χ4v) is 3.17. The van der Waals surface area contributed by atoms with Gasteiger partial charge in [-0.25, -0.2) is 9.97 Å². The highest BCUT2D eigenvalue weighted by molar-refractivity contribution is 8.00. The second-order valence-corrected chi connectivity index (χ2v) is 6.13. The topological polar surface area (TPSA) is 64.1 Å². The van der Waals surface area contributed by atoms with E-state index in [1.54, 1.807) is 13.2 Å². The number of benzene rings is 2. The molecule has 0 aliphatic heterocycles. The molecule has 0 saturated heterocycles. The number of hydrogen-bond acceptors (Lipinski definition) is 5. The maximum atomic E-state index is 12.2. The summed E-state index contributed by atoms with van der Waals surface area (Å²) < 4.78 is 5.15. The van der Waals surface area contributed by atoms with Crippen molar-refractivity contribution in [1.82, 2.24) is 9.97 Å². The van der Waals surface area contributed by atoms with E-state index < -0.39 is 0 Å². The minimum absolute atomic E-state index is 0.0893. The molecule has 2 aromatic carbocycles. The number of carbonyl (C=O) groups excluding carboxylic acids is 1. The molecule has 0 aliphatic carbocycles. The first-order valence-corrected chi connectivity index (χ1v) is 8.44. The minimum Gasteiger partial charge on any atom is -0.497 e. The van der Waals surface area contributed by atoms with Crippen molar-refractivity contribution in [1.29, 1.82) is 0 Å². The van der Waals surface area contributed by atoms with Crippen molar-refractivity contribution in [3.63, 3.8) is 0 Å². The molecule has 1 heterocycles. The molecule has 1 N–H and O–H groups in total. The molecular weight excluding hydrogens is 322 g/mol. The van der Waals surface area contributed by atoms with Gasteiger partial charge in [0.05, 0.1) is 18.4 Å². The minimum atomic E-state index is -0.0893. The molecule has 0 spiro atoms. The number of nitrogens with one attached hydrogen (secondary N) is 1. The van der Waals surface area contributed by atoms with Crippen LogP contribution in [-0.4, -0.2) is 28.7 Å². The maximum absolute atomic E-state index is 12.2. The van der Waals surface area contributed by atoms with Gasteiger partial charge in [0.2, 0.25) is 5.91 Å². The summed E-state index contributed by atoms with van der Waals surface area (Å²) in [6.07, 6.45) is 0. The van der Waals surface area contributed by atoms with E-state index in [1.165, 1.54) is 11.8 Å². The molecule has 0 atom stereocenters. The number of thioether (sulfide) groups is 1. The molecule has 0 bridgehead atoms. The number of aryl methyl sites for hydroxylation is 1. The molecule has 0 aliphatic rings. The Kier molecular flexibility index (Phi) is 4.96. The Morgan fingerprint density at radius 1 is 1.17 bits per heavy atom. The Morgan fingerprint density at radius 2 is 2.00 bits per heavy atom. The molecule has 0 fully saturated rings. The Bertz CT molecular complexity index is 883. The smallest absolute Gasteiger partial charge is 0.234 e. The summed E-state index contributed by atoms with van der Waals surface area (Å²) >= 11 is 1.41. The van der Waals surface area contributed by atoms with Crippen LogP contribution in [0.1, 0.15) is 5.82 Å². The summed E-state index contributed by atoms with van der Waals surface area (Å²) in [6.45, 7) is 1.85. The lowest BCUT2D eigenvalue weighted by molar-refractivity contribution is -0.113. The number of rotatable bonds is 5. The van der Waals surface area contributed by atoms with Gasteiger partial charge in [-0.05, 0) is 25.1 Å². The fourth-order valence-electron chi connectivity index (χ4n) is 2.30. The van der Waals surface area contributed by atoms with Gasteiger partial charge in [0.15, 0.2) is 0 Å². The highest BCUT2D eigenvalue weighted by Gasteiger charge is 2.09. The van der Waals surface area contributed by atoms with Crippen molar-refractivity contribution < 1.29 is 9.53 Å². The van der Waals surface area contributed by atoms with Gasteiger partial charge >= 0.3 is 0 Å². The summed E-state index contributed by atoms with van der Waals surface area (Å²) in [5.74, 6) is 1.59. The standard InChI is InChI=1S/C18H17N3O2S/c1-12-19-16-9-4-3-8-15(16)18(20-12)24-11-17(22)21-13-6-5-7-14(10-13)23-2/h3-10H,11H2,1-2H3,(H,21,22). The molecule has 1 amide bonds. The van der Waals surface area contributed by atoms with E-state index in [2.05, 4.69) is 15.3 Å². The molecule has 122 valence electrons. The van der Waals surface area contributed by atoms with Crippen molar-refractivity contribution in [2.75, 3.05) is 18.2 Å². The summed E-state index contributed by atoms with van der Waals surface area (Å²) in [7, 11) is 1.60. The average Bonchev–Trinajstić information content (AvgIpc) is 2.59. The molecule has 3 aromatic rings. The zero-order valence-corrected chi connectivity index (χ0v) is 14.3. The monoisotopic (exact) mass is 339 g/mol. The molecule has 5 nitrogen and oxygen atoms in total. The number of ether oxygens (including phenoxy) is 1. The number of anilines is 1. The van der Waals surface area contributed by atoms with Gasteiger partial charge in [0.25, 0.3) is 0 Å². The van der Waals surface area contributed by atoms with Crippen LogP contribution in [0, 0.1) is 6.92 Å². The van der Waals surface area contributed by atoms with Gasteiger partial charge in [0.1, 0.15) is 16.6 Å². The second kappa shape index (κ2) is 7.31. The molecule has 6 heteroatoms. The first-order valence-electron chi connectivity index (χ1n) is 7.46. The maximum Gasteiger partial charge on any atom is 0.234 e. The number of hydrogen-bond donors (Lipinski definition) is 1. The number of aromatic nitrogens is 2. The molecular formula is C18H17N3O2S. The summed E-state index contributed by atoms with van der Waals surface area (Å²) in [5, 5.41) is 4.65. The SMILES string of the molecule is COc1cccc(NC(=O)CSc2nc(C)nc3ccccc23)c1. The highest BCUT2D eigenvalue weighted by Crippen LogP contribution is 2.25. The summed E-state index contributed by atoms with van der Waals surface area (Å²) in [4.78, 5) is 21.1. The fraction of sp³-hybridized carbons (Fsp3) is 0.167. The number of nitrogens with zero attached hydrogens (tertiary/aromatic N) is 2. The third-order valence-electron chi connectivity index (χ3n) is 3.37. The summed E-state index contributed by atoms with van der Waals surface area (Å²) in [6, 6.07) is 15.1. The first kappa shape index (κ1) is 16.3. The quantitative estimate of drug-likeness (QED) is 0.567. The van der Waals surface area contributed by atoms with E-state index >= 15 is 0 Å². The van der Waals surface area contributed by atoms with Crippen LogP contribution in [0.2, 0.25) is 0 Å². The van der Waals surface area contributed by atoms with E-state index in [9.17, 15) is 4.79 Å². The predicted molar refractivity (Wildman–Crippen MR) is 96.6 cm³/mol. The van der Waals surface area contributed by atoms with Crippen molar-refractivity contribution in [3.8, 4) is 5.75 Å². The first-order chi connectivity index (χ1) is 11.7. The largest absolute Gasteiger partial charge is 0.497 e. The number of para-hydroxylation sites is 1. The Labute approximate surface area is 144 Å². The molecule has 24 heavy (non-hydrogen) atoms. The summed E-state index contributed by atoms with van der Waals surface area (Å²) in [5.41, 5.74) is 1.60. The van der Waals surface area contributed by atoms with Crippen LogP contribution >= 0.6 is 11.8 Å². The lowest BCUT2D eigenvalue weighted by Gasteiger charge is -2.08. The number of amides is 1. The van der Waals surface area contributed by atoms with Crippen LogP contribution in [0.25, 0.3) is 10.9 Å². The van der Waals surface area contributed by atoms with Gasteiger partial charge in [-0.2, -0.15) is 0 Å². The Hall–Kier alpha value is -2.60.